The molecule has 3 rings (SSSR count). The van der Waals surface area contributed by atoms with Gasteiger partial charge in [0.05, 0.1) is 16.1 Å². The summed E-state index contributed by atoms with van der Waals surface area (Å²) in [5.41, 5.74) is 0.550. The van der Waals surface area contributed by atoms with E-state index in [9.17, 15) is 22.0 Å². The Labute approximate surface area is 174 Å². The molecule has 0 radical (unpaired) electrons. The van der Waals surface area contributed by atoms with Crippen LogP contribution in [0.15, 0.2) is 76.1 Å². The number of para-hydroxylation sites is 1. The van der Waals surface area contributed by atoms with Crippen LogP contribution in [0.1, 0.15) is 15.9 Å². The van der Waals surface area contributed by atoms with E-state index in [2.05, 4.69) is 26.0 Å². The lowest BCUT2D eigenvalue weighted by molar-refractivity contribution is 0.102. The van der Waals surface area contributed by atoms with E-state index in [-0.39, 0.29) is 11.4 Å². The largest absolute Gasteiger partial charge is 0.321 e. The third kappa shape index (κ3) is 5.26. The van der Waals surface area contributed by atoms with Crippen molar-refractivity contribution in [3.8, 4) is 0 Å². The van der Waals surface area contributed by atoms with Crippen molar-refractivity contribution in [1.82, 2.24) is 4.72 Å². The van der Waals surface area contributed by atoms with Crippen LogP contribution in [0.25, 0.3) is 0 Å². The fourth-order valence-corrected chi connectivity index (χ4v) is 3.89. The summed E-state index contributed by atoms with van der Waals surface area (Å²) in [6, 6.07) is 15.0. The van der Waals surface area contributed by atoms with Crippen LogP contribution >= 0.6 is 15.9 Å². The van der Waals surface area contributed by atoms with E-state index >= 15 is 0 Å². The molecule has 2 N–H and O–H groups in total. The predicted octanol–water partition coefficient (Wildman–Crippen LogP) is 4.46. The van der Waals surface area contributed by atoms with Crippen LogP contribution in [-0.2, 0) is 16.6 Å². The topological polar surface area (TPSA) is 75.3 Å². The lowest BCUT2D eigenvalue weighted by atomic mass is 10.2. The number of hydrogen-bond acceptors (Lipinski definition) is 3. The average molecular weight is 481 g/mol. The number of amides is 1. The monoisotopic (exact) mass is 480 g/mol. The molecule has 0 aliphatic carbocycles. The first kappa shape index (κ1) is 21.1. The van der Waals surface area contributed by atoms with Gasteiger partial charge in [-0.25, -0.2) is 21.9 Å². The Morgan fingerprint density at radius 2 is 1.66 bits per heavy atom. The summed E-state index contributed by atoms with van der Waals surface area (Å²) in [6.07, 6.45) is 0. The van der Waals surface area contributed by atoms with Crippen molar-refractivity contribution >= 4 is 37.5 Å². The fourth-order valence-electron chi connectivity index (χ4n) is 2.46. The maximum Gasteiger partial charge on any atom is 0.258 e. The minimum absolute atomic E-state index is 0.0848. The zero-order chi connectivity index (χ0) is 21.0. The number of anilines is 1. The number of carbonyl (C=O) groups excluding carboxylic acids is 1. The van der Waals surface area contributed by atoms with Crippen molar-refractivity contribution in [1.29, 1.82) is 0 Å². The third-order valence-corrected chi connectivity index (χ3v) is 6.08. The summed E-state index contributed by atoms with van der Waals surface area (Å²) in [5, 5.41) is 2.53. The zero-order valence-corrected chi connectivity index (χ0v) is 17.2. The van der Waals surface area contributed by atoms with Gasteiger partial charge in [0.2, 0.25) is 10.0 Å². The maximum atomic E-state index is 14.2. The van der Waals surface area contributed by atoms with Gasteiger partial charge >= 0.3 is 0 Å². The molecule has 0 atom stereocenters. The molecule has 0 aliphatic rings. The van der Waals surface area contributed by atoms with Gasteiger partial charge in [-0.05, 0) is 64.0 Å². The van der Waals surface area contributed by atoms with E-state index in [1.165, 1.54) is 24.3 Å². The molecule has 3 aromatic carbocycles. The van der Waals surface area contributed by atoms with Crippen LogP contribution in [0.3, 0.4) is 0 Å². The van der Waals surface area contributed by atoms with Crippen LogP contribution < -0.4 is 10.0 Å². The normalized spacial score (nSPS) is 11.3. The quantitative estimate of drug-likeness (QED) is 0.546. The highest BCUT2D eigenvalue weighted by molar-refractivity contribution is 9.10. The van der Waals surface area contributed by atoms with Gasteiger partial charge in [-0.1, -0.05) is 24.3 Å². The molecular weight excluding hydrogens is 466 g/mol. The summed E-state index contributed by atoms with van der Waals surface area (Å²) in [5.74, 6) is -2.08. The highest BCUT2D eigenvalue weighted by Gasteiger charge is 2.20. The summed E-state index contributed by atoms with van der Waals surface area (Å²) >= 11 is 3.27. The summed E-state index contributed by atoms with van der Waals surface area (Å²) in [6.45, 7) is -0.0848. The van der Waals surface area contributed by atoms with Crippen molar-refractivity contribution < 1.29 is 22.0 Å². The summed E-state index contributed by atoms with van der Waals surface area (Å²) in [7, 11) is -4.02. The lowest BCUT2D eigenvalue weighted by Crippen LogP contribution is -2.24. The molecule has 0 unspecified atom stereocenters. The van der Waals surface area contributed by atoms with E-state index in [0.717, 1.165) is 18.2 Å². The minimum atomic E-state index is -4.02. The van der Waals surface area contributed by atoms with E-state index in [0.29, 0.717) is 15.7 Å². The molecule has 0 bridgehead atoms. The molecule has 3 aromatic rings. The lowest BCUT2D eigenvalue weighted by Gasteiger charge is -2.11. The maximum absolute atomic E-state index is 14.2. The molecule has 5 nitrogen and oxygen atoms in total. The molecule has 29 heavy (non-hydrogen) atoms. The van der Waals surface area contributed by atoms with Crippen LogP contribution in [0, 0.1) is 11.6 Å². The van der Waals surface area contributed by atoms with Gasteiger partial charge in [0, 0.05) is 11.0 Å². The van der Waals surface area contributed by atoms with E-state index < -0.39 is 33.1 Å². The molecule has 0 aromatic heterocycles. The third-order valence-electron chi connectivity index (χ3n) is 3.99. The predicted molar refractivity (Wildman–Crippen MR) is 109 cm³/mol. The van der Waals surface area contributed by atoms with Crippen molar-refractivity contribution in [3.05, 3.63) is 94.0 Å². The van der Waals surface area contributed by atoms with Gasteiger partial charge in [0.25, 0.3) is 5.91 Å². The summed E-state index contributed by atoms with van der Waals surface area (Å²) < 4.78 is 55.1. The van der Waals surface area contributed by atoms with Gasteiger partial charge in [-0.2, -0.15) is 0 Å². The van der Waals surface area contributed by atoms with Crippen molar-refractivity contribution in [2.45, 2.75) is 11.4 Å². The van der Waals surface area contributed by atoms with E-state index in [4.69, 9.17) is 0 Å². The molecule has 0 spiro atoms. The highest BCUT2D eigenvalue weighted by Crippen LogP contribution is 2.23. The second kappa shape index (κ2) is 8.81. The average Bonchev–Trinajstić information content (AvgIpc) is 2.69. The Morgan fingerprint density at radius 1 is 0.966 bits per heavy atom. The van der Waals surface area contributed by atoms with Gasteiger partial charge in [-0.15, -0.1) is 0 Å². The van der Waals surface area contributed by atoms with E-state index in [1.807, 2.05) is 0 Å². The zero-order valence-electron chi connectivity index (χ0n) is 14.8. The van der Waals surface area contributed by atoms with Crippen LogP contribution in [0.4, 0.5) is 14.5 Å². The second-order valence-corrected chi connectivity index (χ2v) is 8.65. The first-order chi connectivity index (χ1) is 13.8. The Kier molecular flexibility index (Phi) is 6.41. The molecular formula is C20H15BrF2N2O3S. The first-order valence-corrected chi connectivity index (χ1v) is 10.6. The minimum Gasteiger partial charge on any atom is -0.321 e. The molecule has 9 heteroatoms. The number of hydrogen-bond donors (Lipinski definition) is 2. The van der Waals surface area contributed by atoms with Crippen molar-refractivity contribution in [2.75, 3.05) is 5.32 Å². The molecule has 0 saturated heterocycles. The van der Waals surface area contributed by atoms with Gasteiger partial charge in [0.1, 0.15) is 11.6 Å². The number of nitrogens with one attached hydrogen (secondary N) is 2. The van der Waals surface area contributed by atoms with Gasteiger partial charge < -0.3 is 5.32 Å². The number of rotatable bonds is 6. The molecule has 1 amide bonds. The van der Waals surface area contributed by atoms with Gasteiger partial charge in [0.15, 0.2) is 0 Å². The Bertz CT molecular complexity index is 1150. The molecule has 0 fully saturated rings. The fraction of sp³-hybridized carbons (Fsp3) is 0.0500. The Hall–Kier alpha value is -2.62. The molecule has 0 saturated carbocycles. The number of carbonyl (C=O) groups is 1. The smallest absolute Gasteiger partial charge is 0.258 e. The van der Waals surface area contributed by atoms with Gasteiger partial charge in [-0.3, -0.25) is 4.79 Å². The van der Waals surface area contributed by atoms with Crippen LogP contribution in [-0.4, -0.2) is 14.3 Å². The highest BCUT2D eigenvalue weighted by atomic mass is 79.9. The molecule has 0 heterocycles. The van der Waals surface area contributed by atoms with Crippen LogP contribution in [0.5, 0.6) is 0 Å². The second-order valence-electron chi connectivity index (χ2n) is 6.03. The Morgan fingerprint density at radius 3 is 2.34 bits per heavy atom. The Balaban J connectivity index is 1.80. The summed E-state index contributed by atoms with van der Waals surface area (Å²) in [4.78, 5) is 12.2. The first-order valence-electron chi connectivity index (χ1n) is 8.36. The van der Waals surface area contributed by atoms with Crippen molar-refractivity contribution in [2.24, 2.45) is 0 Å². The SMILES string of the molecule is O=C(Nc1ccccc1Br)c1cc(S(=O)(=O)NCc2ccc(F)cc2)ccc1F. The van der Waals surface area contributed by atoms with Crippen molar-refractivity contribution in [3.63, 3.8) is 0 Å². The molecule has 150 valence electrons. The van der Waals surface area contributed by atoms with E-state index in [1.54, 1.807) is 24.3 Å². The number of halogens is 3. The van der Waals surface area contributed by atoms with Crippen LogP contribution in [0.2, 0.25) is 0 Å². The standard InChI is InChI=1S/C20H15BrF2N2O3S/c21-17-3-1-2-4-19(17)25-20(26)16-11-15(9-10-18(16)23)29(27,28)24-12-13-5-7-14(22)8-6-13/h1-11,24H,12H2,(H,25,26). The number of sulfonamides is 1. The molecule has 0 aliphatic heterocycles. The number of benzene rings is 3.